The maximum absolute atomic E-state index is 13.0. The molecule has 1 atom stereocenters. The van der Waals surface area contributed by atoms with Crippen LogP contribution in [0.15, 0.2) is 49.1 Å². The molecule has 27 heavy (non-hydrogen) atoms. The van der Waals surface area contributed by atoms with Gasteiger partial charge >= 0.3 is 0 Å². The minimum atomic E-state index is -0.0471. The minimum absolute atomic E-state index is 0.00422. The van der Waals surface area contributed by atoms with Gasteiger partial charge in [0.25, 0.3) is 5.91 Å². The molecule has 1 aliphatic heterocycles. The second-order valence-electron chi connectivity index (χ2n) is 6.54. The van der Waals surface area contributed by atoms with Crippen molar-refractivity contribution < 1.29 is 4.79 Å². The molecule has 0 radical (unpaired) electrons. The lowest BCUT2D eigenvalue weighted by Gasteiger charge is -2.41. The van der Waals surface area contributed by atoms with Crippen LogP contribution in [0, 0.1) is 0 Å². The van der Waals surface area contributed by atoms with Crippen molar-refractivity contribution in [1.82, 2.24) is 30.0 Å². The lowest BCUT2D eigenvalue weighted by atomic mass is 9.95. The van der Waals surface area contributed by atoms with Gasteiger partial charge < -0.3 is 9.88 Å². The predicted octanol–water partition coefficient (Wildman–Crippen LogP) is 3.59. The second-order valence-corrected chi connectivity index (χ2v) is 6.98. The molecule has 4 aromatic heterocycles. The number of aromatic nitrogens is 5. The monoisotopic (exact) mass is 378 g/mol. The SMILES string of the molecule is O=C(c1cc2ccc(-c3cn[nH]c3)nc2[nH]1)N1CC[C@@H]1c1cncc(Cl)c1. The fraction of sp³-hybridized carbons (Fsp3) is 0.158. The largest absolute Gasteiger partial charge is 0.335 e. The van der Waals surface area contributed by atoms with E-state index < -0.39 is 0 Å². The normalized spacial score (nSPS) is 16.5. The van der Waals surface area contributed by atoms with E-state index in [1.54, 1.807) is 24.8 Å². The Morgan fingerprint density at radius 2 is 2.15 bits per heavy atom. The van der Waals surface area contributed by atoms with Crippen molar-refractivity contribution in [3.8, 4) is 11.3 Å². The van der Waals surface area contributed by atoms with Gasteiger partial charge in [-0.25, -0.2) is 4.98 Å². The van der Waals surface area contributed by atoms with Crippen LogP contribution in [0.1, 0.15) is 28.5 Å². The Morgan fingerprint density at radius 1 is 1.22 bits per heavy atom. The van der Waals surface area contributed by atoms with Crippen molar-refractivity contribution in [2.45, 2.75) is 12.5 Å². The first-order valence-corrected chi connectivity index (χ1v) is 8.97. The number of H-pyrrole nitrogens is 2. The Kier molecular flexibility index (Phi) is 3.68. The summed E-state index contributed by atoms with van der Waals surface area (Å²) in [5, 5.41) is 8.20. The molecule has 5 heterocycles. The van der Waals surface area contributed by atoms with E-state index in [4.69, 9.17) is 11.6 Å². The Balaban J connectivity index is 1.44. The van der Waals surface area contributed by atoms with Crippen molar-refractivity contribution in [3.05, 3.63) is 65.3 Å². The molecule has 0 aromatic carbocycles. The van der Waals surface area contributed by atoms with Crippen molar-refractivity contribution >= 4 is 28.5 Å². The van der Waals surface area contributed by atoms with Gasteiger partial charge in [0.2, 0.25) is 0 Å². The van der Waals surface area contributed by atoms with Crippen LogP contribution in [0.25, 0.3) is 22.3 Å². The maximum Gasteiger partial charge on any atom is 0.270 e. The highest BCUT2D eigenvalue weighted by molar-refractivity contribution is 6.30. The molecule has 0 bridgehead atoms. The lowest BCUT2D eigenvalue weighted by Crippen LogP contribution is -2.45. The number of carbonyl (C=O) groups excluding carboxylic acids is 1. The molecule has 0 aliphatic carbocycles. The van der Waals surface area contributed by atoms with Crippen molar-refractivity contribution in [2.75, 3.05) is 6.54 Å². The first kappa shape index (κ1) is 16.0. The number of aromatic amines is 2. The Morgan fingerprint density at radius 3 is 2.89 bits per heavy atom. The molecule has 7 nitrogen and oxygen atoms in total. The number of nitrogens with one attached hydrogen (secondary N) is 2. The predicted molar refractivity (Wildman–Crippen MR) is 101 cm³/mol. The van der Waals surface area contributed by atoms with Crippen molar-refractivity contribution in [1.29, 1.82) is 0 Å². The van der Waals surface area contributed by atoms with E-state index in [9.17, 15) is 4.79 Å². The van der Waals surface area contributed by atoms with E-state index in [1.807, 2.05) is 29.2 Å². The number of nitrogens with zero attached hydrogens (tertiary/aromatic N) is 4. The smallest absolute Gasteiger partial charge is 0.270 e. The van der Waals surface area contributed by atoms with Gasteiger partial charge in [-0.3, -0.25) is 14.9 Å². The fourth-order valence-electron chi connectivity index (χ4n) is 3.41. The summed E-state index contributed by atoms with van der Waals surface area (Å²) in [6.07, 6.45) is 7.76. The number of fused-ring (bicyclic) bond motifs is 1. The number of hydrogen-bond acceptors (Lipinski definition) is 4. The van der Waals surface area contributed by atoms with E-state index in [2.05, 4.69) is 25.1 Å². The first-order valence-electron chi connectivity index (χ1n) is 8.59. The molecule has 134 valence electrons. The molecule has 1 aliphatic rings. The third-order valence-electron chi connectivity index (χ3n) is 4.90. The van der Waals surface area contributed by atoms with Gasteiger partial charge in [-0.1, -0.05) is 11.6 Å². The summed E-state index contributed by atoms with van der Waals surface area (Å²) in [7, 11) is 0. The van der Waals surface area contributed by atoms with Crippen molar-refractivity contribution in [3.63, 3.8) is 0 Å². The van der Waals surface area contributed by atoms with Crippen LogP contribution in [-0.2, 0) is 0 Å². The molecule has 8 heteroatoms. The molecule has 1 fully saturated rings. The molecule has 1 saturated heterocycles. The van der Waals surface area contributed by atoms with E-state index in [0.29, 0.717) is 22.9 Å². The molecule has 5 rings (SSSR count). The highest BCUT2D eigenvalue weighted by atomic mass is 35.5. The van der Waals surface area contributed by atoms with Crippen molar-refractivity contribution in [2.24, 2.45) is 0 Å². The Bertz CT molecular complexity index is 1140. The topological polar surface area (TPSA) is 90.6 Å². The molecule has 0 spiro atoms. The van der Waals surface area contributed by atoms with Crippen LogP contribution in [0.5, 0.6) is 0 Å². The summed E-state index contributed by atoms with van der Waals surface area (Å²) in [6, 6.07) is 7.58. The van der Waals surface area contributed by atoms with Gasteiger partial charge in [0.05, 0.1) is 23.0 Å². The van der Waals surface area contributed by atoms with Gasteiger partial charge in [0.1, 0.15) is 11.3 Å². The summed E-state index contributed by atoms with van der Waals surface area (Å²) in [5.41, 5.74) is 3.86. The molecule has 2 N–H and O–H groups in total. The number of pyridine rings is 2. The first-order chi connectivity index (χ1) is 13.2. The van der Waals surface area contributed by atoms with Crippen LogP contribution in [-0.4, -0.2) is 42.5 Å². The van der Waals surface area contributed by atoms with E-state index in [0.717, 1.165) is 28.6 Å². The van der Waals surface area contributed by atoms with Crippen LogP contribution < -0.4 is 0 Å². The summed E-state index contributed by atoms with van der Waals surface area (Å²) >= 11 is 6.04. The zero-order valence-electron chi connectivity index (χ0n) is 14.2. The highest BCUT2D eigenvalue weighted by Gasteiger charge is 2.34. The number of hydrogen-bond donors (Lipinski definition) is 2. The highest BCUT2D eigenvalue weighted by Crippen LogP contribution is 2.35. The standard InChI is InChI=1S/C19H15ClN6O/c20-14-5-12(7-21-10-14)17-3-4-26(17)19(27)16-6-11-1-2-15(24-18(11)25-16)13-8-22-23-9-13/h1-2,5-10,17H,3-4H2,(H,22,23)(H,24,25)/t17-/m1/s1. The molecule has 4 aromatic rings. The number of carbonyl (C=O) groups is 1. The van der Waals surface area contributed by atoms with Gasteiger partial charge in [0, 0.05) is 36.1 Å². The van der Waals surface area contributed by atoms with E-state index >= 15 is 0 Å². The molecular weight excluding hydrogens is 364 g/mol. The number of likely N-dealkylation sites (tertiary alicyclic amines) is 1. The average Bonchev–Trinajstić information content (AvgIpc) is 3.30. The molecule has 0 saturated carbocycles. The van der Waals surface area contributed by atoms with Gasteiger partial charge in [-0.15, -0.1) is 0 Å². The second kappa shape index (κ2) is 6.21. The lowest BCUT2D eigenvalue weighted by molar-refractivity contribution is 0.0454. The van der Waals surface area contributed by atoms with Gasteiger partial charge in [0.15, 0.2) is 0 Å². The fourth-order valence-corrected chi connectivity index (χ4v) is 3.60. The van der Waals surface area contributed by atoms with E-state index in [1.165, 1.54) is 0 Å². The van der Waals surface area contributed by atoms with E-state index in [-0.39, 0.29) is 11.9 Å². The zero-order valence-corrected chi connectivity index (χ0v) is 14.9. The minimum Gasteiger partial charge on any atom is -0.335 e. The number of rotatable bonds is 3. The Hall–Kier alpha value is -3.19. The van der Waals surface area contributed by atoms with Crippen LogP contribution in [0.2, 0.25) is 5.02 Å². The van der Waals surface area contributed by atoms with Crippen LogP contribution in [0.3, 0.4) is 0 Å². The summed E-state index contributed by atoms with van der Waals surface area (Å²) < 4.78 is 0. The van der Waals surface area contributed by atoms with Crippen LogP contribution in [0.4, 0.5) is 0 Å². The summed E-state index contributed by atoms with van der Waals surface area (Å²) in [5.74, 6) is -0.0471. The molecule has 1 amide bonds. The van der Waals surface area contributed by atoms with Gasteiger partial charge in [-0.05, 0) is 36.2 Å². The third-order valence-corrected chi connectivity index (χ3v) is 5.10. The zero-order chi connectivity index (χ0) is 18.4. The number of amides is 1. The summed E-state index contributed by atoms with van der Waals surface area (Å²) in [6.45, 7) is 0.707. The molecular formula is C19H15ClN6O. The average molecular weight is 379 g/mol. The summed E-state index contributed by atoms with van der Waals surface area (Å²) in [4.78, 5) is 26.7. The number of halogens is 1. The molecule has 0 unspecified atom stereocenters. The Labute approximate surface area is 159 Å². The quantitative estimate of drug-likeness (QED) is 0.570. The maximum atomic E-state index is 13.0. The van der Waals surface area contributed by atoms with Crippen LogP contribution >= 0.6 is 11.6 Å². The third kappa shape index (κ3) is 2.76. The van der Waals surface area contributed by atoms with Gasteiger partial charge in [-0.2, -0.15) is 5.10 Å².